The topological polar surface area (TPSA) is 80.5 Å². The quantitative estimate of drug-likeness (QED) is 0.331. The summed E-state index contributed by atoms with van der Waals surface area (Å²) < 4.78 is 25.1. The zero-order chi connectivity index (χ0) is 25.9. The van der Waals surface area contributed by atoms with E-state index in [1.54, 1.807) is 24.1 Å². The zero-order valence-corrected chi connectivity index (χ0v) is 20.9. The first kappa shape index (κ1) is 24.2. The van der Waals surface area contributed by atoms with Gasteiger partial charge in [0.05, 0.1) is 25.3 Å². The van der Waals surface area contributed by atoms with E-state index in [1.807, 2.05) is 55.5 Å². The lowest BCUT2D eigenvalue weighted by atomic mass is 9.94. The first-order valence-corrected chi connectivity index (χ1v) is 12.1. The lowest BCUT2D eigenvalue weighted by molar-refractivity contribution is 0.203. The molecular weight excluding hydrogens is 471 g/mol. The van der Waals surface area contributed by atoms with E-state index in [2.05, 4.69) is 22.4 Å². The fourth-order valence-corrected chi connectivity index (χ4v) is 4.44. The smallest absolute Gasteiger partial charge is 0.322 e. The normalized spacial score (nSPS) is 15.6. The van der Waals surface area contributed by atoms with Gasteiger partial charge in [-0.2, -0.15) is 4.98 Å². The Kier molecular flexibility index (Phi) is 6.72. The van der Waals surface area contributed by atoms with Gasteiger partial charge in [-0.15, -0.1) is 0 Å². The van der Waals surface area contributed by atoms with Crippen LogP contribution in [-0.4, -0.2) is 28.2 Å². The summed E-state index contributed by atoms with van der Waals surface area (Å²) in [6.07, 6.45) is 0.933. The molecule has 0 radical (unpaired) electrons. The number of nitrogens with zero attached hydrogens (tertiary/aromatic N) is 3. The average Bonchev–Trinajstić information content (AvgIpc) is 3.41. The van der Waals surface area contributed by atoms with Crippen molar-refractivity contribution in [3.63, 3.8) is 0 Å². The standard InChI is InChI=1S/C29H27FN4O3/c1-4-19-8-12-21(13-9-19)27-32-28(37-33-27)25-18(2)34(17-20-10-14-24(36-3)15-11-20)29(35)31-26(25)22-6-5-7-23(30)16-22/h5-16,26H,4,17H2,1-3H3,(H,31,35). The minimum atomic E-state index is -0.661. The molecule has 8 heteroatoms. The highest BCUT2D eigenvalue weighted by Gasteiger charge is 2.36. The summed E-state index contributed by atoms with van der Waals surface area (Å²) in [4.78, 5) is 19.6. The molecule has 0 aliphatic carbocycles. The second-order valence-corrected chi connectivity index (χ2v) is 8.84. The van der Waals surface area contributed by atoms with Gasteiger partial charge in [-0.3, -0.25) is 4.90 Å². The summed E-state index contributed by atoms with van der Waals surface area (Å²) in [5, 5.41) is 7.21. The second kappa shape index (κ2) is 10.3. The molecule has 2 heterocycles. The Labute approximate surface area is 214 Å². The molecule has 1 aromatic heterocycles. The van der Waals surface area contributed by atoms with E-state index in [1.165, 1.54) is 17.7 Å². The van der Waals surface area contributed by atoms with E-state index >= 15 is 0 Å². The number of nitrogens with one attached hydrogen (secondary N) is 1. The molecule has 4 aromatic rings. The summed E-state index contributed by atoms with van der Waals surface area (Å²) in [7, 11) is 1.61. The fraction of sp³-hybridized carbons (Fsp3) is 0.207. The van der Waals surface area contributed by atoms with Crippen LogP contribution in [0.25, 0.3) is 17.0 Å². The molecule has 2 amide bonds. The number of hydrogen-bond acceptors (Lipinski definition) is 5. The Bertz CT molecular complexity index is 1440. The molecule has 1 unspecified atom stereocenters. The van der Waals surface area contributed by atoms with Crippen LogP contribution in [0.1, 0.15) is 42.5 Å². The van der Waals surface area contributed by atoms with E-state index in [0.29, 0.717) is 29.2 Å². The number of methoxy groups -OCH3 is 1. The minimum Gasteiger partial charge on any atom is -0.497 e. The third-order valence-electron chi connectivity index (χ3n) is 6.55. The number of halogens is 1. The van der Waals surface area contributed by atoms with Crippen LogP contribution in [0.15, 0.2) is 83.0 Å². The van der Waals surface area contributed by atoms with Gasteiger partial charge in [0.1, 0.15) is 11.6 Å². The highest BCUT2D eigenvalue weighted by molar-refractivity contribution is 5.86. The van der Waals surface area contributed by atoms with Crippen molar-refractivity contribution in [3.8, 4) is 17.1 Å². The summed E-state index contributed by atoms with van der Waals surface area (Å²) in [5.74, 6) is 1.04. The number of benzene rings is 3. The first-order valence-electron chi connectivity index (χ1n) is 12.1. The van der Waals surface area contributed by atoms with Gasteiger partial charge in [-0.05, 0) is 54.3 Å². The predicted octanol–water partition coefficient (Wildman–Crippen LogP) is 6.14. The van der Waals surface area contributed by atoms with Crippen LogP contribution < -0.4 is 10.1 Å². The lowest BCUT2D eigenvalue weighted by Crippen LogP contribution is -2.45. The molecule has 0 bridgehead atoms. The molecule has 3 aromatic carbocycles. The molecule has 0 spiro atoms. The molecule has 188 valence electrons. The Morgan fingerprint density at radius 1 is 1.05 bits per heavy atom. The van der Waals surface area contributed by atoms with Crippen LogP contribution >= 0.6 is 0 Å². The average molecular weight is 499 g/mol. The molecule has 1 aliphatic rings. The Morgan fingerprint density at radius 2 is 1.78 bits per heavy atom. The SMILES string of the molecule is CCc1ccc(-c2noc(C3=C(C)N(Cc4ccc(OC)cc4)C(=O)NC3c3cccc(F)c3)n2)cc1. The molecule has 0 fully saturated rings. The number of aromatic nitrogens is 2. The Hall–Kier alpha value is -4.46. The third kappa shape index (κ3) is 4.95. The highest BCUT2D eigenvalue weighted by atomic mass is 19.1. The molecule has 5 rings (SSSR count). The van der Waals surface area contributed by atoms with Crippen LogP contribution in [0.2, 0.25) is 0 Å². The number of hydrogen-bond donors (Lipinski definition) is 1. The van der Waals surface area contributed by atoms with Crippen LogP contribution in [0, 0.1) is 5.82 Å². The number of carbonyl (C=O) groups is 1. The molecule has 1 N–H and O–H groups in total. The largest absolute Gasteiger partial charge is 0.497 e. The number of aryl methyl sites for hydroxylation is 1. The van der Waals surface area contributed by atoms with Crippen molar-refractivity contribution in [2.75, 3.05) is 7.11 Å². The van der Waals surface area contributed by atoms with Gasteiger partial charge < -0.3 is 14.6 Å². The molecule has 1 aliphatic heterocycles. The van der Waals surface area contributed by atoms with Crippen LogP contribution in [-0.2, 0) is 13.0 Å². The number of carbonyl (C=O) groups excluding carboxylic acids is 1. The molecule has 0 saturated carbocycles. The molecule has 0 saturated heterocycles. The minimum absolute atomic E-state index is 0.265. The van der Waals surface area contributed by atoms with Crippen molar-refractivity contribution in [1.29, 1.82) is 0 Å². The number of urea groups is 1. The van der Waals surface area contributed by atoms with Crippen molar-refractivity contribution >= 4 is 11.6 Å². The van der Waals surface area contributed by atoms with Crippen LogP contribution in [0.4, 0.5) is 9.18 Å². The Balaban J connectivity index is 1.56. The van der Waals surface area contributed by atoms with E-state index in [9.17, 15) is 9.18 Å². The van der Waals surface area contributed by atoms with Crippen LogP contribution in [0.3, 0.4) is 0 Å². The second-order valence-electron chi connectivity index (χ2n) is 8.84. The molecule has 1 atom stereocenters. The number of amides is 2. The maximum absolute atomic E-state index is 14.2. The van der Waals surface area contributed by atoms with E-state index < -0.39 is 11.9 Å². The monoisotopic (exact) mass is 498 g/mol. The van der Waals surface area contributed by atoms with Crippen molar-refractivity contribution in [2.24, 2.45) is 0 Å². The first-order chi connectivity index (χ1) is 18.0. The number of rotatable bonds is 7. The van der Waals surface area contributed by atoms with Gasteiger partial charge in [0.25, 0.3) is 5.89 Å². The van der Waals surface area contributed by atoms with Crippen LogP contribution in [0.5, 0.6) is 5.75 Å². The summed E-state index contributed by atoms with van der Waals surface area (Å²) in [5.41, 5.74) is 4.79. The van der Waals surface area contributed by atoms with Gasteiger partial charge in [0.15, 0.2) is 0 Å². The van der Waals surface area contributed by atoms with Crippen molar-refractivity contribution in [2.45, 2.75) is 32.9 Å². The summed E-state index contributed by atoms with van der Waals surface area (Å²) in [6.45, 7) is 4.25. The Morgan fingerprint density at radius 3 is 2.46 bits per heavy atom. The van der Waals surface area contributed by atoms with Gasteiger partial charge >= 0.3 is 6.03 Å². The molecule has 7 nitrogen and oxygen atoms in total. The van der Waals surface area contributed by atoms with Gasteiger partial charge in [-0.1, -0.05) is 60.6 Å². The lowest BCUT2D eigenvalue weighted by Gasteiger charge is -2.35. The molecule has 37 heavy (non-hydrogen) atoms. The highest BCUT2D eigenvalue weighted by Crippen LogP contribution is 2.38. The van der Waals surface area contributed by atoms with Gasteiger partial charge in [-0.25, -0.2) is 9.18 Å². The number of allylic oxidation sites excluding steroid dienone is 1. The van der Waals surface area contributed by atoms with Crippen molar-refractivity contribution in [3.05, 3.63) is 107 Å². The number of ether oxygens (including phenoxy) is 1. The third-order valence-corrected chi connectivity index (χ3v) is 6.55. The summed E-state index contributed by atoms with van der Waals surface area (Å²) in [6, 6.07) is 20.7. The van der Waals surface area contributed by atoms with Gasteiger partial charge in [0, 0.05) is 11.3 Å². The summed E-state index contributed by atoms with van der Waals surface area (Å²) >= 11 is 0. The van der Waals surface area contributed by atoms with Crippen molar-refractivity contribution in [1.82, 2.24) is 20.4 Å². The van der Waals surface area contributed by atoms with Crippen molar-refractivity contribution < 1.29 is 18.4 Å². The maximum atomic E-state index is 14.2. The van der Waals surface area contributed by atoms with E-state index in [4.69, 9.17) is 9.26 Å². The maximum Gasteiger partial charge on any atom is 0.322 e. The predicted molar refractivity (Wildman–Crippen MR) is 138 cm³/mol. The van der Waals surface area contributed by atoms with E-state index in [0.717, 1.165) is 23.3 Å². The van der Waals surface area contributed by atoms with Gasteiger partial charge in [0.2, 0.25) is 5.82 Å². The van der Waals surface area contributed by atoms with E-state index in [-0.39, 0.29) is 11.9 Å². The molecular formula is C29H27FN4O3. The fourth-order valence-electron chi connectivity index (χ4n) is 4.44. The zero-order valence-electron chi connectivity index (χ0n) is 20.9.